The molecule has 2 aromatic rings. The van der Waals surface area contributed by atoms with Crippen LogP contribution in [0.25, 0.3) is 6.08 Å². The van der Waals surface area contributed by atoms with E-state index in [1.165, 1.54) is 23.8 Å². The third-order valence-electron chi connectivity index (χ3n) is 7.28. The fourth-order valence-corrected chi connectivity index (χ4v) is 5.71. The van der Waals surface area contributed by atoms with Gasteiger partial charge in [-0.1, -0.05) is 50.6 Å². The van der Waals surface area contributed by atoms with Crippen LogP contribution in [0, 0.1) is 0 Å². The number of phenolic OH excluding ortho intramolecular Hbond substituents is 3. The van der Waals surface area contributed by atoms with Gasteiger partial charge in [0.15, 0.2) is 14.1 Å². The largest absolute Gasteiger partial charge is 0.508 e. The summed E-state index contributed by atoms with van der Waals surface area (Å²) in [7, 11) is -2.08. The summed E-state index contributed by atoms with van der Waals surface area (Å²) in [5, 5.41) is 31.1. The highest BCUT2D eigenvalue weighted by Gasteiger charge is 2.42. The monoisotopic (exact) mass is 524 g/mol. The smallest absolute Gasteiger partial charge is 0.192 e. The number of ketones is 1. The molecule has 0 aliphatic carbocycles. The van der Waals surface area contributed by atoms with E-state index in [-0.39, 0.29) is 33.6 Å². The minimum absolute atomic E-state index is 0.0319. The van der Waals surface area contributed by atoms with Crippen molar-refractivity contribution in [3.63, 3.8) is 0 Å². The van der Waals surface area contributed by atoms with Gasteiger partial charge in [0.1, 0.15) is 17.2 Å². The lowest BCUT2D eigenvalue weighted by atomic mass is 9.90. The zero-order valence-electron chi connectivity index (χ0n) is 23.7. The van der Waals surface area contributed by atoms with Crippen molar-refractivity contribution in [2.45, 2.75) is 91.0 Å². The third-order valence-corrected chi connectivity index (χ3v) is 11.9. The summed E-state index contributed by atoms with van der Waals surface area (Å²) in [4.78, 5) is 12.9. The molecule has 0 saturated heterocycles. The van der Waals surface area contributed by atoms with E-state index in [9.17, 15) is 20.1 Å². The molecule has 37 heavy (non-hydrogen) atoms. The number of hydrogen-bond acceptors (Lipinski definition) is 5. The van der Waals surface area contributed by atoms with Crippen LogP contribution in [0.3, 0.4) is 0 Å². The SMILES string of the molecule is CC(C)=CCC[C@](C)(CCc1c(O)ccc(C(=O)/C=C/c2ccc(O)cc2)c1O)O[Si](C)(C)C(C)(C)C. The molecule has 3 N–H and O–H groups in total. The van der Waals surface area contributed by atoms with E-state index in [1.807, 2.05) is 0 Å². The van der Waals surface area contributed by atoms with Gasteiger partial charge in [-0.2, -0.15) is 0 Å². The molecule has 0 aliphatic rings. The second-order valence-corrected chi connectivity index (χ2v) is 16.6. The first kappa shape index (κ1) is 30.4. The number of carbonyl (C=O) groups is 1. The molecule has 0 aromatic heterocycles. The van der Waals surface area contributed by atoms with Gasteiger partial charge in [-0.3, -0.25) is 4.79 Å². The number of benzene rings is 2. The second-order valence-electron chi connectivity index (χ2n) is 11.9. The standard InChI is InChI=1S/C31H44O5Si/c1-22(2)10-9-20-31(6,36-37(7,8)30(3,4)5)21-19-26-28(34)18-16-25(29(26)35)27(33)17-13-23-11-14-24(32)15-12-23/h10-18,32,34-35H,9,19-21H2,1-8H3/b17-13+/t31-/m1/s1. The molecule has 2 aromatic carbocycles. The number of phenols is 3. The van der Waals surface area contributed by atoms with Crippen molar-refractivity contribution in [2.24, 2.45) is 0 Å². The molecule has 5 nitrogen and oxygen atoms in total. The summed E-state index contributed by atoms with van der Waals surface area (Å²) < 4.78 is 6.90. The summed E-state index contributed by atoms with van der Waals surface area (Å²) in [5.41, 5.74) is 2.05. The summed E-state index contributed by atoms with van der Waals surface area (Å²) in [6.45, 7) is 17.4. The zero-order valence-corrected chi connectivity index (χ0v) is 24.7. The predicted molar refractivity (Wildman–Crippen MR) is 155 cm³/mol. The molecule has 0 fully saturated rings. The van der Waals surface area contributed by atoms with Crippen molar-refractivity contribution in [1.29, 1.82) is 0 Å². The molecule has 6 heteroatoms. The Morgan fingerprint density at radius 3 is 2.14 bits per heavy atom. The first-order valence-corrected chi connectivity index (χ1v) is 15.8. The zero-order chi connectivity index (χ0) is 28.0. The maximum Gasteiger partial charge on any atom is 0.192 e. The number of aromatic hydroxyl groups is 3. The lowest BCUT2D eigenvalue weighted by Gasteiger charge is -2.44. The summed E-state index contributed by atoms with van der Waals surface area (Å²) in [5.74, 6) is -0.444. The molecule has 202 valence electrons. The Bertz CT molecular complexity index is 1140. The number of rotatable bonds is 11. The molecule has 0 unspecified atom stereocenters. The van der Waals surface area contributed by atoms with Crippen LogP contribution in [0.15, 0.2) is 54.1 Å². The Balaban J connectivity index is 2.30. The molecular weight excluding hydrogens is 480 g/mol. The highest BCUT2D eigenvalue weighted by molar-refractivity contribution is 6.74. The molecule has 0 saturated carbocycles. The molecule has 0 aliphatic heterocycles. The lowest BCUT2D eigenvalue weighted by molar-refractivity contribution is 0.0550. The summed E-state index contributed by atoms with van der Waals surface area (Å²) in [6, 6.07) is 9.38. The van der Waals surface area contributed by atoms with E-state index in [1.54, 1.807) is 30.3 Å². The predicted octanol–water partition coefficient (Wildman–Crippen LogP) is 8.16. The molecule has 0 radical (unpaired) electrons. The fraction of sp³-hybridized carbons (Fsp3) is 0.452. The van der Waals surface area contributed by atoms with Crippen molar-refractivity contribution in [3.05, 3.63) is 70.8 Å². The molecule has 0 bridgehead atoms. The maximum absolute atomic E-state index is 12.9. The number of allylic oxidation sites excluding steroid dienone is 3. The highest BCUT2D eigenvalue weighted by atomic mass is 28.4. The molecule has 0 heterocycles. The first-order chi connectivity index (χ1) is 17.0. The van der Waals surface area contributed by atoms with E-state index in [0.717, 1.165) is 18.4 Å². The van der Waals surface area contributed by atoms with Gasteiger partial charge in [-0.15, -0.1) is 0 Å². The van der Waals surface area contributed by atoms with Crippen LogP contribution in [0.1, 0.15) is 82.3 Å². The van der Waals surface area contributed by atoms with Crippen molar-refractivity contribution in [1.82, 2.24) is 0 Å². The molecule has 0 amide bonds. The topological polar surface area (TPSA) is 87.0 Å². The van der Waals surface area contributed by atoms with Gasteiger partial charge in [-0.05, 0) is 100 Å². The quantitative estimate of drug-likeness (QED) is 0.119. The van der Waals surface area contributed by atoms with E-state index in [4.69, 9.17) is 4.43 Å². The highest BCUT2D eigenvalue weighted by Crippen LogP contribution is 2.42. The van der Waals surface area contributed by atoms with Gasteiger partial charge in [0.05, 0.1) is 11.2 Å². The van der Waals surface area contributed by atoms with Gasteiger partial charge in [0.25, 0.3) is 0 Å². The number of hydrogen-bond donors (Lipinski definition) is 3. The first-order valence-electron chi connectivity index (χ1n) is 12.9. The minimum Gasteiger partial charge on any atom is -0.508 e. The van der Waals surface area contributed by atoms with Crippen LogP contribution >= 0.6 is 0 Å². The van der Waals surface area contributed by atoms with Crippen LogP contribution in [0.2, 0.25) is 18.1 Å². The Labute approximate surface area is 223 Å². The second kappa shape index (κ2) is 12.1. The van der Waals surface area contributed by atoms with Gasteiger partial charge in [0, 0.05) is 5.56 Å². The van der Waals surface area contributed by atoms with Crippen molar-refractivity contribution < 1.29 is 24.5 Å². The average molecular weight is 525 g/mol. The Hall–Kier alpha value is -2.83. The van der Waals surface area contributed by atoms with Crippen molar-refractivity contribution >= 4 is 20.2 Å². The average Bonchev–Trinajstić information content (AvgIpc) is 2.77. The van der Waals surface area contributed by atoms with E-state index in [2.05, 4.69) is 60.7 Å². The van der Waals surface area contributed by atoms with Gasteiger partial charge < -0.3 is 19.7 Å². The fourth-order valence-electron chi connectivity index (χ4n) is 3.97. The maximum atomic E-state index is 12.9. The summed E-state index contributed by atoms with van der Waals surface area (Å²) in [6.07, 6.45) is 7.89. The van der Waals surface area contributed by atoms with Crippen LogP contribution in [-0.4, -0.2) is 35.0 Å². The van der Waals surface area contributed by atoms with Crippen molar-refractivity contribution in [3.8, 4) is 17.2 Å². The minimum atomic E-state index is -2.08. The Morgan fingerprint density at radius 1 is 0.946 bits per heavy atom. The van der Waals surface area contributed by atoms with E-state index >= 15 is 0 Å². The third kappa shape index (κ3) is 8.61. The molecular formula is C31H44O5Si. The molecule has 2 rings (SSSR count). The number of carbonyl (C=O) groups excluding carboxylic acids is 1. The summed E-state index contributed by atoms with van der Waals surface area (Å²) >= 11 is 0. The lowest BCUT2D eigenvalue weighted by Crippen LogP contribution is -2.48. The van der Waals surface area contributed by atoms with Gasteiger partial charge in [0.2, 0.25) is 0 Å². The van der Waals surface area contributed by atoms with Crippen LogP contribution in [-0.2, 0) is 10.8 Å². The van der Waals surface area contributed by atoms with Crippen LogP contribution in [0.4, 0.5) is 0 Å². The Kier molecular flexibility index (Phi) is 9.97. The van der Waals surface area contributed by atoms with Gasteiger partial charge in [-0.25, -0.2) is 0 Å². The van der Waals surface area contributed by atoms with Crippen LogP contribution in [0.5, 0.6) is 17.2 Å². The van der Waals surface area contributed by atoms with Crippen LogP contribution < -0.4 is 0 Å². The normalized spacial score (nSPS) is 13.9. The Morgan fingerprint density at radius 2 is 1.57 bits per heavy atom. The van der Waals surface area contributed by atoms with E-state index in [0.29, 0.717) is 18.4 Å². The van der Waals surface area contributed by atoms with Crippen molar-refractivity contribution in [2.75, 3.05) is 0 Å². The van der Waals surface area contributed by atoms with Gasteiger partial charge >= 0.3 is 0 Å². The molecule has 0 spiro atoms. The van der Waals surface area contributed by atoms with E-state index < -0.39 is 13.9 Å². The molecule has 1 atom stereocenters.